The van der Waals surface area contributed by atoms with Crippen LogP contribution in [0.1, 0.15) is 59.3 Å². The number of allylic oxidation sites excluding steroid dienone is 3. The lowest BCUT2D eigenvalue weighted by Crippen LogP contribution is -2.02. The molecule has 0 aromatic heterocycles. The van der Waals surface area contributed by atoms with Crippen LogP contribution < -0.4 is 0 Å². The Labute approximate surface area is 96.5 Å². The highest BCUT2D eigenvalue weighted by molar-refractivity contribution is 4.87. The van der Waals surface area contributed by atoms with Crippen molar-refractivity contribution < 1.29 is 0 Å². The van der Waals surface area contributed by atoms with Crippen LogP contribution in [0.3, 0.4) is 0 Å². The van der Waals surface area contributed by atoms with Crippen LogP contribution >= 0.6 is 0 Å². The summed E-state index contributed by atoms with van der Waals surface area (Å²) in [6, 6.07) is 0. The Morgan fingerprint density at radius 2 is 1.80 bits per heavy atom. The fourth-order valence-electron chi connectivity index (χ4n) is 1.56. The maximum Gasteiger partial charge on any atom is -0.0236 e. The zero-order chi connectivity index (χ0) is 11.5. The fourth-order valence-corrected chi connectivity index (χ4v) is 1.56. The Bertz CT molecular complexity index is 167. The Hall–Kier alpha value is -0.520. The lowest BCUT2D eigenvalue weighted by atomic mass is 9.93. The molecule has 0 bridgehead atoms. The van der Waals surface area contributed by atoms with Crippen molar-refractivity contribution in [3.05, 3.63) is 24.8 Å². The molecule has 0 fully saturated rings. The summed E-state index contributed by atoms with van der Waals surface area (Å²) in [5.41, 5.74) is 0. The van der Waals surface area contributed by atoms with Crippen molar-refractivity contribution >= 4 is 0 Å². The summed E-state index contributed by atoms with van der Waals surface area (Å²) in [6.45, 7) is 10.6. The van der Waals surface area contributed by atoms with E-state index in [0.29, 0.717) is 5.92 Å². The molecule has 0 heterocycles. The molecule has 15 heavy (non-hydrogen) atoms. The number of hydrogen-bond donors (Lipinski definition) is 0. The quantitative estimate of drug-likeness (QED) is 0.353. The van der Waals surface area contributed by atoms with Crippen molar-refractivity contribution in [1.82, 2.24) is 0 Å². The third-order valence-electron chi connectivity index (χ3n) is 3.17. The van der Waals surface area contributed by atoms with E-state index in [1.165, 1.54) is 38.5 Å². The van der Waals surface area contributed by atoms with Crippen molar-refractivity contribution in [3.63, 3.8) is 0 Å². The van der Waals surface area contributed by atoms with Gasteiger partial charge in [-0.25, -0.2) is 0 Å². The van der Waals surface area contributed by atoms with E-state index in [0.717, 1.165) is 5.92 Å². The minimum atomic E-state index is 0.634. The average Bonchev–Trinajstić information content (AvgIpc) is 2.26. The second-order valence-corrected chi connectivity index (χ2v) is 4.63. The van der Waals surface area contributed by atoms with Gasteiger partial charge in [-0.3, -0.25) is 0 Å². The first-order chi connectivity index (χ1) is 7.22. The Morgan fingerprint density at radius 1 is 1.07 bits per heavy atom. The van der Waals surface area contributed by atoms with Crippen LogP contribution in [-0.2, 0) is 0 Å². The molecule has 0 spiro atoms. The van der Waals surface area contributed by atoms with Crippen LogP contribution in [0.15, 0.2) is 24.8 Å². The molecule has 0 saturated heterocycles. The van der Waals surface area contributed by atoms with E-state index >= 15 is 0 Å². The lowest BCUT2D eigenvalue weighted by Gasteiger charge is -2.13. The first kappa shape index (κ1) is 14.5. The summed E-state index contributed by atoms with van der Waals surface area (Å²) in [6.07, 6.45) is 14.7. The molecular formula is C15H28. The zero-order valence-electron chi connectivity index (χ0n) is 10.8. The van der Waals surface area contributed by atoms with Gasteiger partial charge in [0.25, 0.3) is 0 Å². The van der Waals surface area contributed by atoms with Crippen LogP contribution in [0.4, 0.5) is 0 Å². The molecule has 0 aromatic carbocycles. The van der Waals surface area contributed by atoms with Gasteiger partial charge in [-0.15, -0.1) is 6.58 Å². The van der Waals surface area contributed by atoms with Crippen molar-refractivity contribution in [2.75, 3.05) is 0 Å². The predicted molar refractivity (Wildman–Crippen MR) is 71.0 cm³/mol. The SMILES string of the molecule is C=CC(C)C(C)CC=CCCCCCC. The molecule has 0 saturated carbocycles. The molecule has 88 valence electrons. The Kier molecular flexibility index (Phi) is 9.67. The van der Waals surface area contributed by atoms with Gasteiger partial charge in [-0.2, -0.15) is 0 Å². The van der Waals surface area contributed by atoms with Gasteiger partial charge in [0, 0.05) is 0 Å². The van der Waals surface area contributed by atoms with Crippen molar-refractivity contribution in [2.24, 2.45) is 11.8 Å². The molecule has 0 heteroatoms. The summed E-state index contributed by atoms with van der Waals surface area (Å²) in [4.78, 5) is 0. The summed E-state index contributed by atoms with van der Waals surface area (Å²) in [5, 5.41) is 0. The van der Waals surface area contributed by atoms with Gasteiger partial charge >= 0.3 is 0 Å². The summed E-state index contributed by atoms with van der Waals surface area (Å²) >= 11 is 0. The monoisotopic (exact) mass is 208 g/mol. The topological polar surface area (TPSA) is 0 Å². The number of hydrogen-bond acceptors (Lipinski definition) is 0. The highest BCUT2D eigenvalue weighted by atomic mass is 14.1. The van der Waals surface area contributed by atoms with Crippen molar-refractivity contribution in [3.8, 4) is 0 Å². The minimum absolute atomic E-state index is 0.634. The Balaban J connectivity index is 3.41. The average molecular weight is 208 g/mol. The van der Waals surface area contributed by atoms with Crippen LogP contribution in [0.2, 0.25) is 0 Å². The normalized spacial score (nSPS) is 15.4. The highest BCUT2D eigenvalue weighted by Gasteiger charge is 2.05. The van der Waals surface area contributed by atoms with E-state index in [1.54, 1.807) is 0 Å². The summed E-state index contributed by atoms with van der Waals surface area (Å²) < 4.78 is 0. The maximum atomic E-state index is 3.84. The van der Waals surface area contributed by atoms with E-state index < -0.39 is 0 Å². The van der Waals surface area contributed by atoms with Gasteiger partial charge < -0.3 is 0 Å². The van der Waals surface area contributed by atoms with Crippen LogP contribution in [0, 0.1) is 11.8 Å². The highest BCUT2D eigenvalue weighted by Crippen LogP contribution is 2.16. The van der Waals surface area contributed by atoms with Crippen molar-refractivity contribution in [2.45, 2.75) is 59.3 Å². The number of rotatable bonds is 9. The van der Waals surface area contributed by atoms with Gasteiger partial charge in [-0.1, -0.05) is 58.3 Å². The lowest BCUT2D eigenvalue weighted by molar-refractivity contribution is 0.466. The zero-order valence-corrected chi connectivity index (χ0v) is 10.8. The second kappa shape index (κ2) is 10.0. The molecule has 0 aromatic rings. The van der Waals surface area contributed by atoms with E-state index in [1.807, 2.05) is 0 Å². The third kappa shape index (κ3) is 8.47. The Morgan fingerprint density at radius 3 is 2.40 bits per heavy atom. The number of unbranched alkanes of at least 4 members (excludes halogenated alkanes) is 4. The fraction of sp³-hybridized carbons (Fsp3) is 0.733. The molecule has 0 aliphatic carbocycles. The summed E-state index contributed by atoms with van der Waals surface area (Å²) in [5.74, 6) is 1.36. The molecule has 0 radical (unpaired) electrons. The van der Waals surface area contributed by atoms with E-state index in [4.69, 9.17) is 0 Å². The largest absolute Gasteiger partial charge is 0.103 e. The van der Waals surface area contributed by atoms with Crippen LogP contribution in [0.25, 0.3) is 0 Å². The second-order valence-electron chi connectivity index (χ2n) is 4.63. The first-order valence-corrected chi connectivity index (χ1v) is 6.49. The molecule has 2 unspecified atom stereocenters. The molecule has 0 nitrogen and oxygen atoms in total. The molecule has 0 aliphatic heterocycles. The molecule has 2 atom stereocenters. The van der Waals surface area contributed by atoms with Crippen LogP contribution in [0.5, 0.6) is 0 Å². The van der Waals surface area contributed by atoms with E-state index in [2.05, 4.69) is 45.6 Å². The van der Waals surface area contributed by atoms with E-state index in [9.17, 15) is 0 Å². The van der Waals surface area contributed by atoms with Gasteiger partial charge in [0.05, 0.1) is 0 Å². The molecule has 0 amide bonds. The molecule has 0 aliphatic rings. The predicted octanol–water partition coefficient (Wildman–Crippen LogP) is 5.36. The maximum absolute atomic E-state index is 3.84. The first-order valence-electron chi connectivity index (χ1n) is 6.49. The molecule has 0 N–H and O–H groups in total. The van der Waals surface area contributed by atoms with Gasteiger partial charge in [-0.05, 0) is 31.1 Å². The summed E-state index contributed by atoms with van der Waals surface area (Å²) in [7, 11) is 0. The minimum Gasteiger partial charge on any atom is -0.103 e. The van der Waals surface area contributed by atoms with Crippen molar-refractivity contribution in [1.29, 1.82) is 0 Å². The third-order valence-corrected chi connectivity index (χ3v) is 3.17. The molecule has 0 rings (SSSR count). The van der Waals surface area contributed by atoms with Gasteiger partial charge in [0.1, 0.15) is 0 Å². The van der Waals surface area contributed by atoms with Crippen LogP contribution in [-0.4, -0.2) is 0 Å². The standard InChI is InChI=1S/C15H28/c1-5-7-8-9-10-11-12-13-15(4)14(3)6-2/h6,11-12,14-15H,2,5,7-10,13H2,1,3-4H3. The van der Waals surface area contributed by atoms with Gasteiger partial charge in [0.2, 0.25) is 0 Å². The van der Waals surface area contributed by atoms with E-state index in [-0.39, 0.29) is 0 Å². The van der Waals surface area contributed by atoms with Gasteiger partial charge in [0.15, 0.2) is 0 Å². The smallest absolute Gasteiger partial charge is 0.0236 e. The molecular weight excluding hydrogens is 180 g/mol.